The van der Waals surface area contributed by atoms with Crippen LogP contribution in [0.3, 0.4) is 0 Å². The van der Waals surface area contributed by atoms with Gasteiger partial charge < -0.3 is 14.4 Å². The van der Waals surface area contributed by atoms with Gasteiger partial charge in [-0.2, -0.15) is 0 Å². The van der Waals surface area contributed by atoms with Gasteiger partial charge in [-0.15, -0.1) is 53.1 Å². The third-order valence-electron chi connectivity index (χ3n) is 9.86. The van der Waals surface area contributed by atoms with Gasteiger partial charge in [-0.05, 0) is 95.2 Å². The normalized spacial score (nSPS) is 13.4. The molecule has 0 atom stereocenters. The Labute approximate surface area is 361 Å². The monoisotopic (exact) mass is 946 g/mol. The van der Waals surface area contributed by atoms with Crippen molar-refractivity contribution < 1.29 is 31.4 Å². The van der Waals surface area contributed by atoms with Gasteiger partial charge in [0.25, 0.3) is 0 Å². The number of fused-ring (bicyclic) bond motifs is 3. The van der Waals surface area contributed by atoms with Crippen LogP contribution in [0.2, 0.25) is 19.6 Å². The van der Waals surface area contributed by atoms with Crippen molar-refractivity contribution in [2.75, 3.05) is 0 Å². The first-order valence-electron chi connectivity index (χ1n) is 21.6. The maximum atomic E-state index is 8.66. The van der Waals surface area contributed by atoms with E-state index in [2.05, 4.69) is 98.9 Å². The van der Waals surface area contributed by atoms with Gasteiger partial charge in [-0.25, -0.2) is 0 Å². The Morgan fingerprint density at radius 1 is 0.702 bits per heavy atom. The van der Waals surface area contributed by atoms with Crippen molar-refractivity contribution in [3.63, 3.8) is 0 Å². The second-order valence-electron chi connectivity index (χ2n) is 16.7. The molecule has 3 nitrogen and oxygen atoms in total. The Hall–Kier alpha value is -4.93. The zero-order chi connectivity index (χ0) is 44.1. The van der Waals surface area contributed by atoms with Crippen LogP contribution in [0.25, 0.3) is 66.7 Å². The predicted molar refractivity (Wildman–Crippen MR) is 240 cm³/mol. The van der Waals surface area contributed by atoms with E-state index in [-0.39, 0.29) is 20.1 Å². The SMILES string of the molecule is [2H]C([2H])([2H])c1c[c-]c(-c2ccc([Si](C)(C)C)cn2)cc1-c1ccccc1.[2H]C([2H])(c1ccnc(-c2[c-]cc3oc4ccc(-c5c(C)cc(C)cc5C)cc4c3c2)c1)C(C)(C)C.[Ir]. The maximum Gasteiger partial charge on any atom is 0.121 e. The van der Waals surface area contributed by atoms with Crippen molar-refractivity contribution in [1.82, 2.24) is 9.97 Å². The van der Waals surface area contributed by atoms with Gasteiger partial charge in [0.2, 0.25) is 0 Å². The molecule has 3 heterocycles. The third-order valence-corrected chi connectivity index (χ3v) is 11.9. The molecule has 57 heavy (non-hydrogen) atoms. The molecule has 0 amide bonds. The molecule has 0 spiro atoms. The van der Waals surface area contributed by atoms with E-state index in [1.54, 1.807) is 18.3 Å². The van der Waals surface area contributed by atoms with Crippen LogP contribution in [0.5, 0.6) is 0 Å². The first-order valence-corrected chi connectivity index (χ1v) is 22.6. The maximum absolute atomic E-state index is 8.66. The molecular formula is C52H52IrN2OSi-2. The van der Waals surface area contributed by atoms with E-state index in [9.17, 15) is 0 Å². The van der Waals surface area contributed by atoms with Gasteiger partial charge in [0, 0.05) is 44.7 Å². The fraction of sp³-hybridized carbons (Fsp3) is 0.231. The molecule has 0 N–H and O–H groups in total. The van der Waals surface area contributed by atoms with E-state index in [1.165, 1.54) is 33.0 Å². The van der Waals surface area contributed by atoms with Gasteiger partial charge in [0.05, 0.1) is 13.7 Å². The number of hydrogen-bond acceptors (Lipinski definition) is 3. The Balaban J connectivity index is 0.000000213. The summed E-state index contributed by atoms with van der Waals surface area (Å²) in [4.78, 5) is 9.15. The minimum atomic E-state index is -2.19. The Morgan fingerprint density at radius 2 is 1.40 bits per heavy atom. The number of aromatic nitrogens is 2. The molecule has 0 aliphatic carbocycles. The fourth-order valence-corrected chi connectivity index (χ4v) is 8.28. The molecule has 0 aliphatic rings. The van der Waals surface area contributed by atoms with Crippen molar-refractivity contribution in [2.45, 2.75) is 74.4 Å². The summed E-state index contributed by atoms with van der Waals surface area (Å²) in [6.07, 6.45) is 2.13. The second-order valence-corrected chi connectivity index (χ2v) is 21.8. The summed E-state index contributed by atoms with van der Waals surface area (Å²) < 4.78 is 47.0. The van der Waals surface area contributed by atoms with Gasteiger partial charge in [-0.3, -0.25) is 0 Å². The average Bonchev–Trinajstić information content (AvgIpc) is 3.57. The van der Waals surface area contributed by atoms with Gasteiger partial charge in [0.1, 0.15) is 5.58 Å². The summed E-state index contributed by atoms with van der Waals surface area (Å²) in [5.74, 6) is 0. The number of benzene rings is 5. The van der Waals surface area contributed by atoms with Crippen LogP contribution in [-0.2, 0) is 26.5 Å². The number of nitrogens with zero attached hydrogens (tertiary/aromatic N) is 2. The smallest absolute Gasteiger partial charge is 0.121 e. The molecule has 5 heteroatoms. The zero-order valence-corrected chi connectivity index (χ0v) is 37.6. The van der Waals surface area contributed by atoms with Crippen molar-refractivity contribution in [3.8, 4) is 44.8 Å². The molecule has 0 unspecified atom stereocenters. The van der Waals surface area contributed by atoms with E-state index in [4.69, 9.17) is 11.3 Å². The van der Waals surface area contributed by atoms with Crippen molar-refractivity contribution in [2.24, 2.45) is 5.41 Å². The predicted octanol–water partition coefficient (Wildman–Crippen LogP) is 13.7. The second kappa shape index (κ2) is 16.9. The van der Waals surface area contributed by atoms with Crippen LogP contribution in [-0.4, -0.2) is 18.0 Å². The topological polar surface area (TPSA) is 38.9 Å². The molecule has 8 rings (SSSR count). The third kappa shape index (κ3) is 9.62. The van der Waals surface area contributed by atoms with E-state index >= 15 is 0 Å². The van der Waals surface area contributed by atoms with Crippen LogP contribution in [0.4, 0.5) is 0 Å². The van der Waals surface area contributed by atoms with E-state index < -0.39 is 26.7 Å². The summed E-state index contributed by atoms with van der Waals surface area (Å²) in [5.41, 5.74) is 12.9. The Kier molecular flexibility index (Phi) is 10.4. The number of hydrogen-bond donors (Lipinski definition) is 0. The van der Waals surface area contributed by atoms with Crippen LogP contribution in [0, 0.1) is 45.2 Å². The minimum Gasteiger partial charge on any atom is -0.500 e. The summed E-state index contributed by atoms with van der Waals surface area (Å²) in [7, 11) is -1.40. The number of rotatable bonds is 6. The summed E-state index contributed by atoms with van der Waals surface area (Å²) >= 11 is 0. The van der Waals surface area contributed by atoms with Crippen molar-refractivity contribution in [1.29, 1.82) is 0 Å². The molecule has 0 saturated carbocycles. The molecule has 1 radical (unpaired) electrons. The van der Waals surface area contributed by atoms with Gasteiger partial charge in [0.15, 0.2) is 0 Å². The quantitative estimate of drug-likeness (QED) is 0.123. The fourth-order valence-electron chi connectivity index (χ4n) is 7.24. The number of pyridine rings is 2. The number of aryl methyl sites for hydroxylation is 4. The Bertz CT molecular complexity index is 2850. The summed E-state index contributed by atoms with van der Waals surface area (Å²) in [5, 5.41) is 3.35. The Morgan fingerprint density at radius 3 is 2.07 bits per heavy atom. The number of furan rings is 1. The molecule has 0 saturated heterocycles. The molecule has 0 aliphatic heterocycles. The molecule has 0 bridgehead atoms. The largest absolute Gasteiger partial charge is 0.500 e. The summed E-state index contributed by atoms with van der Waals surface area (Å²) in [6, 6.07) is 42.0. The van der Waals surface area contributed by atoms with Gasteiger partial charge >= 0.3 is 0 Å². The minimum absolute atomic E-state index is 0. The molecular weight excluding hydrogens is 889 g/mol. The first-order chi connectivity index (χ1) is 28.6. The van der Waals surface area contributed by atoms with E-state index in [1.807, 2.05) is 87.6 Å². The average molecular weight is 946 g/mol. The van der Waals surface area contributed by atoms with Crippen LogP contribution in [0.15, 0.2) is 126 Å². The van der Waals surface area contributed by atoms with Crippen LogP contribution >= 0.6 is 0 Å². The first kappa shape index (κ1) is 35.2. The van der Waals surface area contributed by atoms with E-state index in [0.717, 1.165) is 44.3 Å². The van der Waals surface area contributed by atoms with E-state index in [0.29, 0.717) is 22.4 Å². The van der Waals surface area contributed by atoms with Crippen molar-refractivity contribution >= 4 is 35.2 Å². The standard InChI is InChI=1S/C31H30NO.C21H22NSi.Ir/c1-19-13-20(2)30(21(3)14-19)24-8-10-29-26(17-24)25-16-23(7-9-28(25)33-29)27-15-22(11-12-32-27)18-31(4,5)6;1-16-10-11-18(14-20(16)17-8-6-5-7-9-17)21-13-12-19(15-22-21)23(2,3)4;/h8-17H,18H2,1-6H3;5-10,12-15H,1-4H3;/q2*-1;/i18D2;1D3;. The zero-order valence-electron chi connectivity index (χ0n) is 39.2. The van der Waals surface area contributed by atoms with Crippen LogP contribution < -0.4 is 5.19 Å². The molecule has 8 aromatic rings. The molecule has 5 aromatic carbocycles. The van der Waals surface area contributed by atoms with Crippen molar-refractivity contribution in [3.05, 3.63) is 162 Å². The summed E-state index contributed by atoms with van der Waals surface area (Å²) in [6.45, 7) is 16.9. The van der Waals surface area contributed by atoms with Gasteiger partial charge in [-0.1, -0.05) is 136 Å². The molecule has 3 aromatic heterocycles. The van der Waals surface area contributed by atoms with Crippen LogP contribution in [0.1, 0.15) is 55.4 Å². The molecule has 291 valence electrons. The molecule has 0 fully saturated rings.